The van der Waals surface area contributed by atoms with Crippen LogP contribution in [0.15, 0.2) is 24.3 Å². The first-order chi connectivity index (χ1) is 9.06. The molecule has 1 heterocycles. The zero-order valence-corrected chi connectivity index (χ0v) is 12.6. The number of fused-ring (bicyclic) bond motifs is 1. The Morgan fingerprint density at radius 3 is 2.37 bits per heavy atom. The predicted molar refractivity (Wildman–Crippen MR) is 80.5 cm³/mol. The summed E-state index contributed by atoms with van der Waals surface area (Å²) in [4.78, 5) is 0. The zero-order valence-electron chi connectivity index (χ0n) is 12.6. The van der Waals surface area contributed by atoms with Crippen molar-refractivity contribution < 1.29 is 4.74 Å². The van der Waals surface area contributed by atoms with Gasteiger partial charge in [-0.2, -0.15) is 0 Å². The fourth-order valence-corrected chi connectivity index (χ4v) is 2.96. The normalized spacial score (nSPS) is 18.2. The Hall–Kier alpha value is -1.02. The molecule has 0 fully saturated rings. The summed E-state index contributed by atoms with van der Waals surface area (Å²) in [5.41, 5.74) is 1.32. The molecule has 1 aliphatic heterocycles. The number of hydrogen-bond acceptors (Lipinski definition) is 2. The van der Waals surface area contributed by atoms with Crippen LogP contribution in [-0.2, 0) is 0 Å². The van der Waals surface area contributed by atoms with Gasteiger partial charge in [-0.05, 0) is 30.7 Å². The van der Waals surface area contributed by atoms with Crippen LogP contribution in [0.1, 0.15) is 52.1 Å². The van der Waals surface area contributed by atoms with Crippen LogP contribution in [0.2, 0.25) is 0 Å². The van der Waals surface area contributed by atoms with Gasteiger partial charge in [0.25, 0.3) is 0 Å². The summed E-state index contributed by atoms with van der Waals surface area (Å²) in [5.74, 6) is 2.51. The molecule has 1 aromatic rings. The van der Waals surface area contributed by atoms with Crippen LogP contribution in [0.4, 0.5) is 0 Å². The van der Waals surface area contributed by atoms with Crippen molar-refractivity contribution in [1.29, 1.82) is 0 Å². The number of rotatable bonds is 6. The monoisotopic (exact) mass is 261 g/mol. The van der Waals surface area contributed by atoms with Gasteiger partial charge in [-0.15, -0.1) is 0 Å². The Bertz CT molecular complexity index is 390. The lowest BCUT2D eigenvalue weighted by atomic mass is 9.94. The molecule has 2 heteroatoms. The lowest BCUT2D eigenvalue weighted by molar-refractivity contribution is 0.271. The highest BCUT2D eigenvalue weighted by molar-refractivity contribution is 5.39. The van der Waals surface area contributed by atoms with Crippen molar-refractivity contribution in [1.82, 2.24) is 5.32 Å². The molecule has 1 N–H and O–H groups in total. The third-order valence-corrected chi connectivity index (χ3v) is 3.65. The molecule has 0 aromatic heterocycles. The molecular weight excluding hydrogens is 234 g/mol. The summed E-state index contributed by atoms with van der Waals surface area (Å²) in [6.45, 7) is 9.97. The van der Waals surface area contributed by atoms with Crippen LogP contribution in [-0.4, -0.2) is 12.6 Å². The highest BCUT2D eigenvalue weighted by Crippen LogP contribution is 2.32. The number of hydrogen-bond donors (Lipinski definition) is 1. The molecule has 1 aromatic carbocycles. The maximum atomic E-state index is 5.76. The molecule has 1 atom stereocenters. The van der Waals surface area contributed by atoms with Gasteiger partial charge in [-0.1, -0.05) is 45.9 Å². The van der Waals surface area contributed by atoms with Gasteiger partial charge in [0.05, 0.1) is 6.04 Å². The molecule has 0 aliphatic carbocycles. The van der Waals surface area contributed by atoms with E-state index in [-0.39, 0.29) is 0 Å². The summed E-state index contributed by atoms with van der Waals surface area (Å²) in [7, 11) is 0. The van der Waals surface area contributed by atoms with Crippen molar-refractivity contribution in [3.8, 4) is 5.75 Å². The standard InChI is InChI=1S/C17H27NO/c1-12(2)9-14(10-13(3)4)18-16-11-19-17-8-6-5-7-15(16)17/h5-8,12-14,16,18H,9-11H2,1-4H3. The highest BCUT2D eigenvalue weighted by atomic mass is 16.5. The fraction of sp³-hybridized carbons (Fsp3) is 0.647. The molecule has 1 aliphatic rings. The van der Waals surface area contributed by atoms with Gasteiger partial charge in [0, 0.05) is 11.6 Å². The lowest BCUT2D eigenvalue weighted by Gasteiger charge is -2.25. The first-order valence-corrected chi connectivity index (χ1v) is 7.54. The maximum absolute atomic E-state index is 5.76. The van der Waals surface area contributed by atoms with Gasteiger partial charge >= 0.3 is 0 Å². The number of nitrogens with one attached hydrogen (secondary N) is 1. The largest absolute Gasteiger partial charge is 0.491 e. The van der Waals surface area contributed by atoms with Crippen LogP contribution in [0.5, 0.6) is 5.75 Å². The minimum Gasteiger partial charge on any atom is -0.491 e. The van der Waals surface area contributed by atoms with Crippen LogP contribution in [0.3, 0.4) is 0 Å². The first kappa shape index (κ1) is 14.4. The van der Waals surface area contributed by atoms with Crippen LogP contribution in [0, 0.1) is 11.8 Å². The molecule has 2 nitrogen and oxygen atoms in total. The van der Waals surface area contributed by atoms with E-state index in [4.69, 9.17) is 4.74 Å². The predicted octanol–water partition coefficient (Wildman–Crippen LogP) is 4.17. The first-order valence-electron chi connectivity index (χ1n) is 7.54. The molecule has 0 saturated heterocycles. The summed E-state index contributed by atoms with van der Waals surface area (Å²) >= 11 is 0. The van der Waals surface area contributed by atoms with E-state index in [1.807, 2.05) is 6.07 Å². The van der Waals surface area contributed by atoms with E-state index in [1.165, 1.54) is 18.4 Å². The van der Waals surface area contributed by atoms with E-state index >= 15 is 0 Å². The quantitative estimate of drug-likeness (QED) is 0.830. The van der Waals surface area contributed by atoms with Crippen LogP contribution >= 0.6 is 0 Å². The highest BCUT2D eigenvalue weighted by Gasteiger charge is 2.26. The number of para-hydroxylation sites is 1. The maximum Gasteiger partial charge on any atom is 0.124 e. The third-order valence-electron chi connectivity index (χ3n) is 3.65. The molecule has 0 spiro atoms. The van der Waals surface area contributed by atoms with Gasteiger partial charge in [0.1, 0.15) is 12.4 Å². The molecule has 19 heavy (non-hydrogen) atoms. The Morgan fingerprint density at radius 2 is 1.74 bits per heavy atom. The van der Waals surface area contributed by atoms with Crippen molar-refractivity contribution in [2.45, 2.75) is 52.6 Å². The zero-order chi connectivity index (χ0) is 13.8. The van der Waals surface area contributed by atoms with E-state index in [1.54, 1.807) is 0 Å². The van der Waals surface area contributed by atoms with Gasteiger partial charge < -0.3 is 10.1 Å². The Balaban J connectivity index is 2.01. The van der Waals surface area contributed by atoms with Crippen molar-refractivity contribution >= 4 is 0 Å². The second-order valence-corrected chi connectivity index (χ2v) is 6.52. The van der Waals surface area contributed by atoms with Gasteiger partial charge in [0.15, 0.2) is 0 Å². The summed E-state index contributed by atoms with van der Waals surface area (Å²) in [5, 5.41) is 3.81. The third kappa shape index (κ3) is 3.97. The van der Waals surface area contributed by atoms with Crippen LogP contribution in [0.25, 0.3) is 0 Å². The topological polar surface area (TPSA) is 21.3 Å². The van der Waals surface area contributed by atoms with Crippen molar-refractivity contribution in [3.05, 3.63) is 29.8 Å². The van der Waals surface area contributed by atoms with Gasteiger partial charge in [-0.25, -0.2) is 0 Å². The van der Waals surface area contributed by atoms with Gasteiger partial charge in [-0.3, -0.25) is 0 Å². The average Bonchev–Trinajstić information content (AvgIpc) is 2.71. The molecule has 106 valence electrons. The smallest absolute Gasteiger partial charge is 0.124 e. The Morgan fingerprint density at radius 1 is 1.11 bits per heavy atom. The molecule has 1 unspecified atom stereocenters. The fourth-order valence-electron chi connectivity index (χ4n) is 2.96. The average molecular weight is 261 g/mol. The Labute approximate surface area is 117 Å². The molecule has 0 amide bonds. The molecule has 0 radical (unpaired) electrons. The molecular formula is C17H27NO. The van der Waals surface area contributed by atoms with Gasteiger partial charge in [0.2, 0.25) is 0 Å². The van der Waals surface area contributed by atoms with E-state index in [2.05, 4.69) is 51.2 Å². The van der Waals surface area contributed by atoms with Crippen molar-refractivity contribution in [2.24, 2.45) is 11.8 Å². The lowest BCUT2D eigenvalue weighted by Crippen LogP contribution is -2.35. The SMILES string of the molecule is CC(C)CC(CC(C)C)NC1COc2ccccc21. The number of ether oxygens (including phenoxy) is 1. The minimum absolute atomic E-state index is 0.360. The second kappa shape index (κ2) is 6.42. The van der Waals surface area contributed by atoms with Crippen molar-refractivity contribution in [2.75, 3.05) is 6.61 Å². The minimum atomic E-state index is 0.360. The number of benzene rings is 1. The summed E-state index contributed by atoms with van der Waals surface area (Å²) in [6.07, 6.45) is 2.47. The molecule has 2 rings (SSSR count). The Kier molecular flexibility index (Phi) is 4.87. The molecule has 0 saturated carbocycles. The van der Waals surface area contributed by atoms with Crippen molar-refractivity contribution in [3.63, 3.8) is 0 Å². The van der Waals surface area contributed by atoms with E-state index in [0.717, 1.165) is 24.2 Å². The second-order valence-electron chi connectivity index (χ2n) is 6.52. The molecule has 0 bridgehead atoms. The van der Waals surface area contributed by atoms with E-state index in [9.17, 15) is 0 Å². The van der Waals surface area contributed by atoms with E-state index < -0.39 is 0 Å². The van der Waals surface area contributed by atoms with E-state index in [0.29, 0.717) is 12.1 Å². The summed E-state index contributed by atoms with van der Waals surface area (Å²) in [6, 6.07) is 9.33. The van der Waals surface area contributed by atoms with Crippen LogP contribution < -0.4 is 10.1 Å². The summed E-state index contributed by atoms with van der Waals surface area (Å²) < 4.78 is 5.76.